The molecule has 1 N–H and O–H groups in total. The lowest BCUT2D eigenvalue weighted by Gasteiger charge is -2.30. The highest BCUT2D eigenvalue weighted by Gasteiger charge is 2.21. The molecule has 0 aliphatic carbocycles. The molecule has 0 saturated carbocycles. The fraction of sp³-hybridized carbons (Fsp3) is 0.533. The lowest BCUT2D eigenvalue weighted by Crippen LogP contribution is -2.33. The highest BCUT2D eigenvalue weighted by Crippen LogP contribution is 2.23. The van der Waals surface area contributed by atoms with Gasteiger partial charge in [0.1, 0.15) is 0 Å². The number of tetrazole rings is 1. The molecule has 1 aliphatic heterocycles. The maximum atomic E-state index is 5.72. The molecule has 1 aliphatic rings. The Bertz CT molecular complexity index is 597. The van der Waals surface area contributed by atoms with E-state index >= 15 is 0 Å². The van der Waals surface area contributed by atoms with Crippen molar-refractivity contribution in [1.82, 2.24) is 20.2 Å². The third kappa shape index (κ3) is 3.21. The second-order valence-electron chi connectivity index (χ2n) is 5.47. The Morgan fingerprint density at radius 1 is 1.43 bits per heavy atom. The molecular formula is C15H21N5O. The monoisotopic (exact) mass is 287 g/mol. The molecule has 1 fully saturated rings. The van der Waals surface area contributed by atoms with Crippen LogP contribution in [-0.4, -0.2) is 39.0 Å². The van der Waals surface area contributed by atoms with E-state index in [1.807, 2.05) is 19.2 Å². The highest BCUT2D eigenvalue weighted by atomic mass is 16.5. The molecule has 1 saturated heterocycles. The number of hydrogen-bond donors (Lipinski definition) is 1. The van der Waals surface area contributed by atoms with Crippen LogP contribution >= 0.6 is 0 Å². The molecule has 2 heterocycles. The second kappa shape index (κ2) is 6.22. The molecule has 112 valence electrons. The summed E-state index contributed by atoms with van der Waals surface area (Å²) < 4.78 is 7.40. The van der Waals surface area contributed by atoms with E-state index in [0.29, 0.717) is 12.1 Å². The molecule has 2 atom stereocenters. The first-order valence-corrected chi connectivity index (χ1v) is 7.47. The highest BCUT2D eigenvalue weighted by molar-refractivity contribution is 5.62. The third-order valence-corrected chi connectivity index (χ3v) is 3.93. The van der Waals surface area contributed by atoms with Crippen LogP contribution in [0.5, 0.6) is 0 Å². The zero-order valence-electron chi connectivity index (χ0n) is 12.5. The number of benzene rings is 1. The zero-order valence-corrected chi connectivity index (χ0v) is 12.5. The number of aromatic nitrogens is 4. The lowest BCUT2D eigenvalue weighted by atomic mass is 10.0. The largest absolute Gasteiger partial charge is 0.382 e. The van der Waals surface area contributed by atoms with E-state index in [0.717, 1.165) is 42.9 Å². The predicted octanol–water partition coefficient (Wildman–Crippen LogP) is 2.25. The Labute approximate surface area is 124 Å². The van der Waals surface area contributed by atoms with Crippen LogP contribution in [0.3, 0.4) is 0 Å². The van der Waals surface area contributed by atoms with Crippen molar-refractivity contribution < 1.29 is 4.74 Å². The molecule has 0 spiro atoms. The van der Waals surface area contributed by atoms with Crippen molar-refractivity contribution in [3.8, 4) is 11.4 Å². The summed E-state index contributed by atoms with van der Waals surface area (Å²) in [6.07, 6.45) is 3.56. The van der Waals surface area contributed by atoms with Crippen molar-refractivity contribution in [3.63, 3.8) is 0 Å². The topological polar surface area (TPSA) is 64.9 Å². The molecule has 0 radical (unpaired) electrons. The van der Waals surface area contributed by atoms with Crippen LogP contribution in [0.15, 0.2) is 24.3 Å². The van der Waals surface area contributed by atoms with Crippen LogP contribution in [0.1, 0.15) is 26.2 Å². The van der Waals surface area contributed by atoms with Crippen LogP contribution in [0.25, 0.3) is 11.4 Å². The van der Waals surface area contributed by atoms with E-state index in [-0.39, 0.29) is 0 Å². The van der Waals surface area contributed by atoms with Crippen molar-refractivity contribution in [2.24, 2.45) is 7.05 Å². The first-order valence-electron chi connectivity index (χ1n) is 7.47. The van der Waals surface area contributed by atoms with Crippen molar-refractivity contribution in [2.45, 2.75) is 38.3 Å². The summed E-state index contributed by atoms with van der Waals surface area (Å²) in [6, 6.07) is 8.71. The average molecular weight is 287 g/mol. The normalized spacial score (nSPS) is 22.2. The van der Waals surface area contributed by atoms with Crippen molar-refractivity contribution in [3.05, 3.63) is 24.3 Å². The van der Waals surface area contributed by atoms with Gasteiger partial charge in [0.05, 0.1) is 6.10 Å². The maximum Gasteiger partial charge on any atom is 0.181 e. The molecule has 6 heteroatoms. The molecule has 21 heavy (non-hydrogen) atoms. The van der Waals surface area contributed by atoms with Crippen LogP contribution in [0, 0.1) is 0 Å². The summed E-state index contributed by atoms with van der Waals surface area (Å²) in [7, 11) is 1.85. The Kier molecular flexibility index (Phi) is 4.15. The molecule has 2 unspecified atom stereocenters. The van der Waals surface area contributed by atoms with E-state index in [4.69, 9.17) is 4.74 Å². The van der Waals surface area contributed by atoms with E-state index in [1.54, 1.807) is 4.68 Å². The quantitative estimate of drug-likeness (QED) is 0.934. The number of rotatable bonds is 4. The van der Waals surface area contributed by atoms with Crippen LogP contribution in [-0.2, 0) is 11.8 Å². The molecule has 6 nitrogen and oxygen atoms in total. The van der Waals surface area contributed by atoms with Crippen molar-refractivity contribution in [2.75, 3.05) is 11.9 Å². The molecule has 0 amide bonds. The van der Waals surface area contributed by atoms with Crippen molar-refractivity contribution >= 4 is 5.69 Å². The molecule has 3 rings (SSSR count). The van der Waals surface area contributed by atoms with E-state index < -0.39 is 0 Å². The molecule has 1 aromatic heterocycles. The Morgan fingerprint density at radius 2 is 2.33 bits per heavy atom. The summed E-state index contributed by atoms with van der Waals surface area (Å²) in [6.45, 7) is 3.01. The van der Waals surface area contributed by atoms with Gasteiger partial charge >= 0.3 is 0 Å². The minimum absolute atomic E-state index is 0.377. The molecule has 1 aromatic carbocycles. The molecule has 0 bridgehead atoms. The van der Waals surface area contributed by atoms with Gasteiger partial charge in [-0.2, -0.15) is 0 Å². The van der Waals surface area contributed by atoms with E-state index in [2.05, 4.69) is 39.9 Å². The van der Waals surface area contributed by atoms with Gasteiger partial charge in [-0.3, -0.25) is 0 Å². The fourth-order valence-corrected chi connectivity index (χ4v) is 2.75. The van der Waals surface area contributed by atoms with E-state index in [9.17, 15) is 0 Å². The first-order chi connectivity index (χ1) is 10.3. The van der Waals surface area contributed by atoms with Gasteiger partial charge in [-0.15, -0.1) is 5.10 Å². The third-order valence-electron chi connectivity index (χ3n) is 3.93. The number of hydrogen-bond acceptors (Lipinski definition) is 5. The zero-order chi connectivity index (χ0) is 14.7. The van der Waals surface area contributed by atoms with Gasteiger partial charge in [0.15, 0.2) is 5.82 Å². The van der Waals surface area contributed by atoms with Gasteiger partial charge in [-0.05, 0) is 41.8 Å². The number of aryl methyl sites for hydroxylation is 1. The van der Waals surface area contributed by atoms with Gasteiger partial charge in [-0.1, -0.05) is 19.1 Å². The summed E-state index contributed by atoms with van der Waals surface area (Å²) >= 11 is 0. The van der Waals surface area contributed by atoms with Crippen LogP contribution in [0.4, 0.5) is 5.69 Å². The molecule has 2 aromatic rings. The number of anilines is 1. The number of nitrogens with one attached hydrogen (secondary N) is 1. The van der Waals surface area contributed by atoms with Gasteiger partial charge in [0.25, 0.3) is 0 Å². The standard InChI is InChI=1S/C15H21N5O/c1-3-14-10-13(7-8-21-14)16-12-6-4-5-11(9-12)15-17-18-19-20(15)2/h4-6,9,13-14,16H,3,7-8,10H2,1-2H3. The van der Waals surface area contributed by atoms with Gasteiger partial charge in [-0.25, -0.2) is 4.68 Å². The summed E-state index contributed by atoms with van der Waals surface area (Å²) in [4.78, 5) is 0. The summed E-state index contributed by atoms with van der Waals surface area (Å²) in [5.41, 5.74) is 2.13. The molecular weight excluding hydrogens is 266 g/mol. The Balaban J connectivity index is 1.73. The number of ether oxygens (including phenoxy) is 1. The lowest BCUT2D eigenvalue weighted by molar-refractivity contribution is 0.00926. The average Bonchev–Trinajstić information content (AvgIpc) is 2.94. The van der Waals surface area contributed by atoms with E-state index in [1.165, 1.54) is 0 Å². The Morgan fingerprint density at radius 3 is 3.10 bits per heavy atom. The predicted molar refractivity (Wildman–Crippen MR) is 80.9 cm³/mol. The van der Waals surface area contributed by atoms with Gasteiger partial charge in [0, 0.05) is 30.9 Å². The summed E-state index contributed by atoms with van der Waals surface area (Å²) in [5.74, 6) is 0.775. The first kappa shape index (κ1) is 14.0. The van der Waals surface area contributed by atoms with Gasteiger partial charge < -0.3 is 10.1 Å². The Hall–Kier alpha value is -1.95. The number of nitrogens with zero attached hydrogens (tertiary/aromatic N) is 4. The van der Waals surface area contributed by atoms with Crippen molar-refractivity contribution in [1.29, 1.82) is 0 Å². The minimum atomic E-state index is 0.377. The SMILES string of the molecule is CCC1CC(Nc2cccc(-c3nnnn3C)c2)CCO1. The van der Waals surface area contributed by atoms with Crippen LogP contribution < -0.4 is 5.32 Å². The van der Waals surface area contributed by atoms with Gasteiger partial charge in [0.2, 0.25) is 0 Å². The van der Waals surface area contributed by atoms with Crippen LogP contribution in [0.2, 0.25) is 0 Å². The second-order valence-corrected chi connectivity index (χ2v) is 5.47. The maximum absolute atomic E-state index is 5.72. The summed E-state index contributed by atoms with van der Waals surface area (Å²) in [5, 5.41) is 15.2. The smallest absolute Gasteiger partial charge is 0.181 e. The minimum Gasteiger partial charge on any atom is -0.382 e. The fourth-order valence-electron chi connectivity index (χ4n) is 2.75.